The first-order valence-corrected chi connectivity index (χ1v) is 39.9. The van der Waals surface area contributed by atoms with E-state index in [1.54, 1.807) is 0 Å². The average molecular weight is 1490 g/mol. The van der Waals surface area contributed by atoms with Gasteiger partial charge in [-0.05, 0) is 32.1 Å². The van der Waals surface area contributed by atoms with Crippen LogP contribution < -0.4 is 18.9 Å². The summed E-state index contributed by atoms with van der Waals surface area (Å²) in [5.74, 6) is -3.28. The van der Waals surface area contributed by atoms with Crippen molar-refractivity contribution >= 4 is 84.9 Å². The van der Waals surface area contributed by atoms with Crippen molar-refractivity contribution in [1.82, 2.24) is 0 Å². The molecular weight excluding hydrogens is 1330 g/mol. The number of rotatable bonds is 70. The molecule has 5 N–H and O–H groups in total. The van der Waals surface area contributed by atoms with E-state index in [4.69, 9.17) is 25.5 Å². The van der Waals surface area contributed by atoms with Gasteiger partial charge in [-0.3, -0.25) is 24.0 Å². The van der Waals surface area contributed by atoms with Crippen molar-refractivity contribution in [2.45, 2.75) is 484 Å². The largest absolute Gasteiger partial charge is 3.00 e. The van der Waals surface area contributed by atoms with Crippen molar-refractivity contribution in [3.05, 3.63) is 0 Å². The normalized spacial score (nSPS) is 10.2. The molecule has 0 amide bonds. The van der Waals surface area contributed by atoms with Crippen molar-refractivity contribution in [2.24, 2.45) is 0 Å². The Kier molecular flexibility index (Phi) is 140. The van der Waals surface area contributed by atoms with Crippen LogP contribution >= 0.6 is 0 Å². The van der Waals surface area contributed by atoms with Gasteiger partial charge in [0.2, 0.25) is 0 Å². The summed E-state index contributed by atoms with van der Waals surface area (Å²) in [6, 6.07) is 0. The Morgan fingerprint density at radius 2 is 0.232 bits per heavy atom. The number of unbranched alkanes of at least 4 members (excludes halogenated alkanes) is 60. The van der Waals surface area contributed by atoms with E-state index in [2.05, 4.69) is 34.6 Å². The third-order valence-corrected chi connectivity index (χ3v) is 17.5. The molecule has 10 nitrogen and oxygen atoms in total. The number of hydrogen-bond donors (Lipinski definition) is 5. The van der Waals surface area contributed by atoms with Crippen LogP contribution in [0.15, 0.2) is 0 Å². The first-order valence-electron chi connectivity index (χ1n) is 39.9. The molecule has 0 aromatic rings. The molecule has 0 saturated carbocycles. The fraction of sp³-hybridized carbons (Fsp3) is 0.938. The fourth-order valence-corrected chi connectivity index (χ4v) is 11.5. The molecular formula is C80H160AlCaLiO10Zn2+10. The molecule has 0 bridgehead atoms. The van der Waals surface area contributed by atoms with Gasteiger partial charge in [-0.2, -0.15) is 0 Å². The van der Waals surface area contributed by atoms with Crippen molar-refractivity contribution in [2.75, 3.05) is 0 Å². The zero-order chi connectivity index (χ0) is 67.4. The first-order chi connectivity index (χ1) is 43.9. The Morgan fingerprint density at radius 3 is 0.295 bits per heavy atom. The minimum Gasteiger partial charge on any atom is -0.481 e. The van der Waals surface area contributed by atoms with E-state index < -0.39 is 29.8 Å². The van der Waals surface area contributed by atoms with E-state index in [0.717, 1.165) is 64.2 Å². The molecule has 0 spiro atoms. The molecule has 0 aliphatic rings. The Hall–Kier alpha value is 0.986. The molecule has 0 unspecified atom stereocenters. The molecule has 0 saturated heterocycles. The Bertz CT molecular complexity index is 1290. The molecule has 95 heavy (non-hydrogen) atoms. The third kappa shape index (κ3) is 142. The van der Waals surface area contributed by atoms with Gasteiger partial charge < -0.3 is 25.5 Å². The zero-order valence-corrected chi connectivity index (χ0v) is 74.3. The monoisotopic (exact) mass is 1480 g/mol. The summed E-state index contributed by atoms with van der Waals surface area (Å²) in [4.78, 5) is 51.5. The van der Waals surface area contributed by atoms with Gasteiger partial charge in [-0.15, -0.1) is 0 Å². The molecule has 0 atom stereocenters. The maximum absolute atomic E-state index is 10.3. The molecule has 0 aliphatic heterocycles. The van der Waals surface area contributed by atoms with E-state index in [1.165, 1.54) is 353 Å². The van der Waals surface area contributed by atoms with Crippen LogP contribution in [0.5, 0.6) is 0 Å². The third-order valence-electron chi connectivity index (χ3n) is 17.5. The van der Waals surface area contributed by atoms with E-state index in [-0.39, 0.29) is 113 Å². The van der Waals surface area contributed by atoms with Crippen LogP contribution in [-0.4, -0.2) is 110 Å². The molecule has 0 rings (SSSR count). The van der Waals surface area contributed by atoms with Gasteiger partial charge in [-0.1, -0.05) is 420 Å². The standard InChI is InChI=1S/3C18H36O2.C14H28O2.C12H24O2.Al.Ca.Li.2Zn/c3*1-2-3-4-5-6-7-8-9-10-11-12-13-14-15-16-17-18(19)20;1-2-3-4-5-6-7-8-9-10-11-12-13-14(15)16;1-2-3-4-5-6-7-8-9-10-11-12(13)14;;;;;/h3*2-17H2,1H3,(H,19,20);2-13H2,1H3,(H,15,16);2-11H2,1H3,(H,13,14);;;;;/q;;;;;+3;+2;+1;2*+2. The quantitative estimate of drug-likeness (QED) is 0.0290. The number of hydrogen-bond acceptors (Lipinski definition) is 5. The van der Waals surface area contributed by atoms with Crippen LogP contribution in [0, 0.1) is 0 Å². The van der Waals surface area contributed by atoms with Gasteiger partial charge in [0.05, 0.1) is 0 Å². The van der Waals surface area contributed by atoms with E-state index in [0.29, 0.717) is 32.1 Å². The maximum atomic E-state index is 10.3. The minimum atomic E-state index is -0.659. The number of aliphatic carboxylic acids is 5. The SMILES string of the molecule is CCCCCCCCCCCC(=O)O.CCCCCCCCCCCCCC(=O)O.CCCCCCCCCCCCCCCCCC(=O)O.CCCCCCCCCCCCCCCCCC(=O)O.CCCCCCCCCCCCCCCCCC(=O)O.[Al+3].[Ca+2].[Li+].[Zn+2].[Zn+2]. The van der Waals surface area contributed by atoms with Gasteiger partial charge in [0.15, 0.2) is 0 Å². The summed E-state index contributed by atoms with van der Waals surface area (Å²) in [7, 11) is 0. The summed E-state index contributed by atoms with van der Waals surface area (Å²) in [5.41, 5.74) is 0. The molecule has 0 aliphatic carbocycles. The number of carboxylic acid groups (broad SMARTS) is 5. The summed E-state index contributed by atoms with van der Waals surface area (Å²) in [6.07, 6.45) is 86.4. The first kappa shape index (κ1) is 117. The Morgan fingerprint density at radius 1 is 0.168 bits per heavy atom. The molecule has 0 aromatic carbocycles. The summed E-state index contributed by atoms with van der Waals surface area (Å²) in [5, 5.41) is 42.4. The van der Waals surface area contributed by atoms with E-state index in [9.17, 15) is 24.0 Å². The molecule has 15 heteroatoms. The van der Waals surface area contributed by atoms with Crippen molar-refractivity contribution in [1.29, 1.82) is 0 Å². The van der Waals surface area contributed by atoms with Gasteiger partial charge in [0.25, 0.3) is 0 Å². The van der Waals surface area contributed by atoms with Crippen molar-refractivity contribution in [3.63, 3.8) is 0 Å². The van der Waals surface area contributed by atoms with E-state index >= 15 is 0 Å². The number of carboxylic acids is 5. The molecule has 0 radical (unpaired) electrons. The number of carbonyl (C=O) groups is 5. The summed E-state index contributed by atoms with van der Waals surface area (Å²) >= 11 is 0. The predicted octanol–water partition coefficient (Wildman–Crippen LogP) is 24.0. The summed E-state index contributed by atoms with van der Waals surface area (Å²) in [6.45, 7) is 11.3. The average Bonchev–Trinajstić information content (AvgIpc) is 3.54. The van der Waals surface area contributed by atoms with Crippen molar-refractivity contribution < 1.29 is 107 Å². The zero-order valence-electron chi connectivity index (χ0n) is 65.0. The minimum absolute atomic E-state index is 0. The van der Waals surface area contributed by atoms with Crippen LogP contribution in [0.1, 0.15) is 484 Å². The molecule has 540 valence electrons. The second-order valence-electron chi connectivity index (χ2n) is 26.9. The van der Waals surface area contributed by atoms with Crippen molar-refractivity contribution in [3.8, 4) is 0 Å². The van der Waals surface area contributed by atoms with E-state index in [1.807, 2.05) is 0 Å². The van der Waals surface area contributed by atoms with Crippen LogP contribution in [0.4, 0.5) is 0 Å². The van der Waals surface area contributed by atoms with Crippen LogP contribution in [0.25, 0.3) is 0 Å². The van der Waals surface area contributed by atoms with Gasteiger partial charge in [0.1, 0.15) is 0 Å². The molecule has 0 heterocycles. The van der Waals surface area contributed by atoms with Crippen LogP contribution in [-0.2, 0) is 62.9 Å². The second-order valence-corrected chi connectivity index (χ2v) is 26.9. The predicted molar refractivity (Wildman–Crippen MR) is 401 cm³/mol. The maximum Gasteiger partial charge on any atom is 3.00 e. The van der Waals surface area contributed by atoms with Gasteiger partial charge >= 0.3 is 143 Å². The van der Waals surface area contributed by atoms with Crippen LogP contribution in [0.2, 0.25) is 0 Å². The smallest absolute Gasteiger partial charge is 0.481 e. The summed E-state index contributed by atoms with van der Waals surface area (Å²) < 4.78 is 0. The molecule has 0 aromatic heterocycles. The fourth-order valence-electron chi connectivity index (χ4n) is 11.5. The van der Waals surface area contributed by atoms with Crippen LogP contribution in [0.3, 0.4) is 0 Å². The Labute approximate surface area is 669 Å². The van der Waals surface area contributed by atoms with Gasteiger partial charge in [-0.25, -0.2) is 0 Å². The Balaban J connectivity index is -0.000000118. The topological polar surface area (TPSA) is 186 Å². The molecule has 0 fully saturated rings. The van der Waals surface area contributed by atoms with Gasteiger partial charge in [0, 0.05) is 32.1 Å². The second kappa shape index (κ2) is 113.